The second kappa shape index (κ2) is 8.41. The smallest absolute Gasteiger partial charge is 0.379 e. The van der Waals surface area contributed by atoms with Crippen molar-refractivity contribution in [2.24, 2.45) is 0 Å². The molecule has 1 aromatic rings. The van der Waals surface area contributed by atoms with E-state index in [1.54, 1.807) is 0 Å². The Labute approximate surface area is 145 Å². The minimum absolute atomic E-state index is 0.208. The Bertz CT molecular complexity index is 751. The fourth-order valence-corrected chi connectivity index (χ4v) is 1.86. The van der Waals surface area contributed by atoms with Crippen LogP contribution in [0.2, 0.25) is 0 Å². The van der Waals surface area contributed by atoms with Gasteiger partial charge in [0.05, 0.1) is 29.1 Å². The van der Waals surface area contributed by atoms with Crippen LogP contribution in [0.5, 0.6) is 0 Å². The number of nitrogens with zero attached hydrogens (tertiary/aromatic N) is 2. The molecule has 138 valence electrons. The third kappa shape index (κ3) is 4.23. The Hall–Kier alpha value is -3.70. The van der Waals surface area contributed by atoms with E-state index >= 15 is 0 Å². The molecule has 26 heavy (non-hydrogen) atoms. The van der Waals surface area contributed by atoms with E-state index in [4.69, 9.17) is 0 Å². The highest BCUT2D eigenvalue weighted by Gasteiger charge is 2.35. The van der Waals surface area contributed by atoms with Gasteiger partial charge in [0.1, 0.15) is 11.1 Å². The maximum absolute atomic E-state index is 12.0. The lowest BCUT2D eigenvalue weighted by molar-refractivity contribution is -0.394. The molecule has 0 spiro atoms. The maximum Gasteiger partial charge on any atom is 0.379 e. The summed E-state index contributed by atoms with van der Waals surface area (Å²) in [4.78, 5) is 67.1. The number of hydrogen-bond acceptors (Lipinski definition) is 10. The highest BCUT2D eigenvalue weighted by Crippen LogP contribution is 2.30. The summed E-state index contributed by atoms with van der Waals surface area (Å²) in [5.74, 6) is -5.91. The first kappa shape index (κ1) is 20.3. The lowest BCUT2D eigenvalue weighted by Gasteiger charge is -2.06. The van der Waals surface area contributed by atoms with Crippen LogP contribution in [0.1, 0.15) is 34.6 Å². The monoisotopic (exact) mass is 368 g/mol. The highest BCUT2D eigenvalue weighted by molar-refractivity contribution is 6.44. The third-order valence-corrected chi connectivity index (χ3v) is 2.92. The minimum Gasteiger partial charge on any atom is -0.460 e. The average Bonchev–Trinajstić information content (AvgIpc) is 2.59. The van der Waals surface area contributed by atoms with Crippen LogP contribution in [0.15, 0.2) is 12.1 Å². The number of nitro groups is 2. The largest absolute Gasteiger partial charge is 0.460 e. The van der Waals surface area contributed by atoms with Gasteiger partial charge in [0, 0.05) is 0 Å². The van der Waals surface area contributed by atoms with Gasteiger partial charge >= 0.3 is 11.9 Å². The van der Waals surface area contributed by atoms with E-state index in [-0.39, 0.29) is 13.2 Å². The number of esters is 2. The van der Waals surface area contributed by atoms with Gasteiger partial charge < -0.3 is 9.47 Å². The van der Waals surface area contributed by atoms with Crippen LogP contribution in [0.3, 0.4) is 0 Å². The zero-order valence-corrected chi connectivity index (χ0v) is 13.5. The molecule has 0 radical (unpaired) electrons. The number of carbonyl (C=O) groups is 4. The van der Waals surface area contributed by atoms with E-state index in [0.717, 1.165) is 0 Å². The lowest BCUT2D eigenvalue weighted by atomic mass is 10.00. The average molecular weight is 368 g/mol. The molecule has 0 fully saturated rings. The fourth-order valence-electron chi connectivity index (χ4n) is 1.86. The summed E-state index contributed by atoms with van der Waals surface area (Å²) in [5.41, 5.74) is -4.02. The number of benzene rings is 1. The van der Waals surface area contributed by atoms with Crippen LogP contribution < -0.4 is 0 Å². The van der Waals surface area contributed by atoms with Crippen molar-refractivity contribution in [3.8, 4) is 0 Å². The van der Waals surface area contributed by atoms with Gasteiger partial charge in [0.2, 0.25) is 0 Å². The van der Waals surface area contributed by atoms with E-state index in [0.29, 0.717) is 12.1 Å². The molecule has 1 rings (SSSR count). The standard InChI is InChI=1S/C14H12N2O10/c1-3-25-13(19)11(17)7-5-8(12(18)14(20)26-4-2)10(16(23)24)6-9(7)15(21)22/h5-6H,3-4H2,1-2H3. The topological polar surface area (TPSA) is 173 Å². The van der Waals surface area contributed by atoms with Crippen molar-refractivity contribution in [2.45, 2.75) is 13.8 Å². The van der Waals surface area contributed by atoms with Gasteiger partial charge in [-0.05, 0) is 19.9 Å². The lowest BCUT2D eigenvalue weighted by Crippen LogP contribution is -2.22. The normalized spacial score (nSPS) is 9.92. The van der Waals surface area contributed by atoms with Crippen molar-refractivity contribution in [3.63, 3.8) is 0 Å². The van der Waals surface area contributed by atoms with Crippen molar-refractivity contribution < 1.29 is 38.5 Å². The molecule has 0 aliphatic carbocycles. The molecule has 0 bridgehead atoms. The molecule has 12 heteroatoms. The quantitative estimate of drug-likeness (QED) is 0.212. The summed E-state index contributed by atoms with van der Waals surface area (Å²) >= 11 is 0. The van der Waals surface area contributed by atoms with Crippen molar-refractivity contribution in [2.75, 3.05) is 13.2 Å². The molecular weight excluding hydrogens is 356 g/mol. The number of hydrogen-bond donors (Lipinski definition) is 0. The number of ether oxygens (including phenoxy) is 2. The van der Waals surface area contributed by atoms with Crippen molar-refractivity contribution in [1.29, 1.82) is 0 Å². The molecule has 12 nitrogen and oxygen atoms in total. The number of carbonyl (C=O) groups excluding carboxylic acids is 4. The van der Waals surface area contributed by atoms with Gasteiger partial charge in [-0.3, -0.25) is 29.8 Å². The Morgan fingerprint density at radius 3 is 1.42 bits per heavy atom. The van der Waals surface area contributed by atoms with Crippen molar-refractivity contribution in [3.05, 3.63) is 43.5 Å². The SMILES string of the molecule is CCOC(=O)C(=O)c1cc(C(=O)C(=O)OCC)c([N+](=O)[O-])cc1[N+](=O)[O-]. The number of Topliss-reactive ketones (excluding diaryl/α,β-unsaturated/α-hetero) is 2. The van der Waals surface area contributed by atoms with Crippen LogP contribution in [0, 0.1) is 20.2 Å². The first-order valence-corrected chi connectivity index (χ1v) is 7.05. The molecule has 0 saturated carbocycles. The summed E-state index contributed by atoms with van der Waals surface area (Å²) < 4.78 is 8.87. The molecule has 0 amide bonds. The molecule has 0 heterocycles. The number of ketones is 2. The van der Waals surface area contributed by atoms with Gasteiger partial charge in [-0.2, -0.15) is 0 Å². The van der Waals surface area contributed by atoms with Crippen LogP contribution in [-0.2, 0) is 19.1 Å². The second-order valence-corrected chi connectivity index (χ2v) is 4.50. The molecule has 0 aliphatic rings. The van der Waals surface area contributed by atoms with Crippen molar-refractivity contribution in [1.82, 2.24) is 0 Å². The van der Waals surface area contributed by atoms with Crippen LogP contribution >= 0.6 is 0 Å². The Balaban J connectivity index is 3.66. The van der Waals surface area contributed by atoms with Gasteiger partial charge in [-0.15, -0.1) is 0 Å². The summed E-state index contributed by atoms with van der Waals surface area (Å²) in [6, 6.07) is 0.758. The summed E-state index contributed by atoms with van der Waals surface area (Å²) in [6.07, 6.45) is 0. The molecular formula is C14H12N2O10. The molecule has 0 saturated heterocycles. The Kier molecular flexibility index (Phi) is 6.58. The van der Waals surface area contributed by atoms with Crippen LogP contribution in [-0.4, -0.2) is 46.6 Å². The van der Waals surface area contributed by atoms with Crippen molar-refractivity contribution >= 4 is 34.9 Å². The molecule has 0 N–H and O–H groups in total. The molecule has 0 aliphatic heterocycles. The fraction of sp³-hybridized carbons (Fsp3) is 0.286. The van der Waals surface area contributed by atoms with E-state index in [2.05, 4.69) is 9.47 Å². The number of rotatable bonds is 8. The first-order chi connectivity index (χ1) is 12.1. The van der Waals surface area contributed by atoms with Gasteiger partial charge in [-0.25, -0.2) is 9.59 Å². The number of nitro benzene ring substituents is 2. The third-order valence-electron chi connectivity index (χ3n) is 2.92. The zero-order chi connectivity index (χ0) is 20.0. The van der Waals surface area contributed by atoms with Crippen LogP contribution in [0.25, 0.3) is 0 Å². The summed E-state index contributed by atoms with van der Waals surface area (Å²) in [7, 11) is 0. The molecule has 0 aromatic heterocycles. The predicted molar refractivity (Wildman–Crippen MR) is 81.7 cm³/mol. The van der Waals surface area contributed by atoms with Gasteiger partial charge in [0.15, 0.2) is 0 Å². The van der Waals surface area contributed by atoms with E-state index < -0.39 is 55.9 Å². The Morgan fingerprint density at radius 2 is 1.15 bits per heavy atom. The molecule has 1 aromatic carbocycles. The molecule has 0 unspecified atom stereocenters. The van der Waals surface area contributed by atoms with E-state index in [1.165, 1.54) is 13.8 Å². The van der Waals surface area contributed by atoms with E-state index in [9.17, 15) is 39.4 Å². The predicted octanol–water partition coefficient (Wildman–Crippen LogP) is 0.995. The van der Waals surface area contributed by atoms with E-state index in [1.807, 2.05) is 0 Å². The van der Waals surface area contributed by atoms with Gasteiger partial charge in [-0.1, -0.05) is 0 Å². The summed E-state index contributed by atoms with van der Waals surface area (Å²) in [5, 5.41) is 22.2. The summed E-state index contributed by atoms with van der Waals surface area (Å²) in [6.45, 7) is 2.34. The minimum atomic E-state index is -1.49. The van der Waals surface area contributed by atoms with Gasteiger partial charge in [0.25, 0.3) is 22.9 Å². The van der Waals surface area contributed by atoms with Crippen LogP contribution in [0.4, 0.5) is 11.4 Å². The zero-order valence-electron chi connectivity index (χ0n) is 13.5. The first-order valence-electron chi connectivity index (χ1n) is 7.05. The molecule has 0 atom stereocenters. The second-order valence-electron chi connectivity index (χ2n) is 4.50. The highest BCUT2D eigenvalue weighted by atomic mass is 16.6. The Morgan fingerprint density at radius 1 is 0.808 bits per heavy atom. The maximum atomic E-state index is 12.0.